The quantitative estimate of drug-likeness (QED) is 0.547. The summed E-state index contributed by atoms with van der Waals surface area (Å²) in [7, 11) is 0. The molecule has 0 rings (SSSR count). The fourth-order valence-corrected chi connectivity index (χ4v) is 1.16. The molecule has 2 heteroatoms. The lowest BCUT2D eigenvalue weighted by atomic mass is 10.2. The second-order valence-electron chi connectivity index (χ2n) is 2.95. The molecule has 0 aromatic heterocycles. The minimum atomic E-state index is 0.679. The van der Waals surface area contributed by atoms with Crippen LogP contribution in [0, 0.1) is 0 Å². The van der Waals surface area contributed by atoms with Crippen molar-refractivity contribution in [2.24, 2.45) is 0 Å². The third-order valence-corrected chi connectivity index (χ3v) is 1.79. The average Bonchev–Trinajstić information content (AvgIpc) is 1.99. The van der Waals surface area contributed by atoms with Gasteiger partial charge in [0.15, 0.2) is 0 Å². The summed E-state index contributed by atoms with van der Waals surface area (Å²) in [6.07, 6.45) is 2.56. The Hall–Kier alpha value is -0.0800. The van der Waals surface area contributed by atoms with Gasteiger partial charge in [-0.15, -0.1) is 0 Å². The van der Waals surface area contributed by atoms with Crippen molar-refractivity contribution in [2.45, 2.75) is 39.7 Å². The molecule has 11 heavy (non-hydrogen) atoms. The Kier molecular flexibility index (Phi) is 7.96. The van der Waals surface area contributed by atoms with E-state index in [0.29, 0.717) is 6.04 Å². The molecule has 0 spiro atoms. The summed E-state index contributed by atoms with van der Waals surface area (Å²) in [5.41, 5.74) is 0. The van der Waals surface area contributed by atoms with E-state index in [0.717, 1.165) is 19.6 Å². The van der Waals surface area contributed by atoms with Gasteiger partial charge in [0.1, 0.15) is 0 Å². The average molecular weight is 158 g/mol. The molecule has 0 saturated carbocycles. The van der Waals surface area contributed by atoms with E-state index >= 15 is 0 Å². The largest absolute Gasteiger partial charge is 0.317 e. The molecule has 68 valence electrons. The Balaban J connectivity index is 2.97. The summed E-state index contributed by atoms with van der Waals surface area (Å²) in [6.45, 7) is 9.88. The second-order valence-corrected chi connectivity index (χ2v) is 2.95. The van der Waals surface area contributed by atoms with Gasteiger partial charge in [0.25, 0.3) is 0 Å². The van der Waals surface area contributed by atoms with Gasteiger partial charge in [-0.3, -0.25) is 0 Å². The zero-order chi connectivity index (χ0) is 8.53. The van der Waals surface area contributed by atoms with Crippen LogP contribution in [0.5, 0.6) is 0 Å². The third kappa shape index (κ3) is 7.82. The van der Waals surface area contributed by atoms with E-state index in [1.165, 1.54) is 12.8 Å². The fourth-order valence-electron chi connectivity index (χ4n) is 1.16. The van der Waals surface area contributed by atoms with Crippen LogP contribution in [0.1, 0.15) is 33.6 Å². The van der Waals surface area contributed by atoms with Crippen LogP contribution >= 0.6 is 0 Å². The van der Waals surface area contributed by atoms with Crippen LogP contribution in [-0.2, 0) is 0 Å². The van der Waals surface area contributed by atoms with Crippen LogP contribution < -0.4 is 10.6 Å². The first-order valence-electron chi connectivity index (χ1n) is 4.75. The van der Waals surface area contributed by atoms with Crippen molar-refractivity contribution in [1.29, 1.82) is 0 Å². The molecule has 0 aliphatic heterocycles. The standard InChI is InChI=1S/C9H22N2/c1-4-10-8-6-7-9(3)11-5-2/h9-11H,4-8H2,1-3H3. The van der Waals surface area contributed by atoms with Gasteiger partial charge in [0, 0.05) is 6.04 Å². The normalized spacial score (nSPS) is 13.4. The maximum atomic E-state index is 3.39. The van der Waals surface area contributed by atoms with Gasteiger partial charge in [0.2, 0.25) is 0 Å². The molecule has 0 aliphatic rings. The molecular formula is C9H22N2. The van der Waals surface area contributed by atoms with E-state index in [9.17, 15) is 0 Å². The van der Waals surface area contributed by atoms with Crippen LogP contribution in [0.4, 0.5) is 0 Å². The van der Waals surface area contributed by atoms with Crippen molar-refractivity contribution in [1.82, 2.24) is 10.6 Å². The van der Waals surface area contributed by atoms with E-state index in [2.05, 4.69) is 31.4 Å². The van der Waals surface area contributed by atoms with Crippen LogP contribution in [0.2, 0.25) is 0 Å². The molecule has 0 aromatic rings. The molecule has 1 atom stereocenters. The summed E-state index contributed by atoms with van der Waals surface area (Å²) < 4.78 is 0. The highest BCUT2D eigenvalue weighted by molar-refractivity contribution is 4.59. The van der Waals surface area contributed by atoms with Gasteiger partial charge < -0.3 is 10.6 Å². The molecular weight excluding hydrogens is 136 g/mol. The van der Waals surface area contributed by atoms with E-state index in [4.69, 9.17) is 0 Å². The molecule has 0 bridgehead atoms. The summed E-state index contributed by atoms with van der Waals surface area (Å²) >= 11 is 0. The van der Waals surface area contributed by atoms with Crippen LogP contribution in [0.3, 0.4) is 0 Å². The SMILES string of the molecule is CCNCCCC(C)NCC. The molecule has 0 aromatic carbocycles. The molecule has 1 unspecified atom stereocenters. The number of hydrogen-bond donors (Lipinski definition) is 2. The lowest BCUT2D eigenvalue weighted by Crippen LogP contribution is -2.26. The Bertz CT molecular complexity index is 74.0. The van der Waals surface area contributed by atoms with Gasteiger partial charge in [-0.1, -0.05) is 13.8 Å². The van der Waals surface area contributed by atoms with E-state index in [1.807, 2.05) is 0 Å². The van der Waals surface area contributed by atoms with Gasteiger partial charge in [-0.2, -0.15) is 0 Å². The van der Waals surface area contributed by atoms with Crippen LogP contribution in [-0.4, -0.2) is 25.7 Å². The van der Waals surface area contributed by atoms with Crippen molar-refractivity contribution in [3.63, 3.8) is 0 Å². The van der Waals surface area contributed by atoms with E-state index in [-0.39, 0.29) is 0 Å². The third-order valence-electron chi connectivity index (χ3n) is 1.79. The highest BCUT2D eigenvalue weighted by atomic mass is 14.9. The molecule has 0 saturated heterocycles. The lowest BCUT2D eigenvalue weighted by Gasteiger charge is -2.11. The summed E-state index contributed by atoms with van der Waals surface area (Å²) in [5, 5.41) is 6.71. The van der Waals surface area contributed by atoms with E-state index < -0.39 is 0 Å². The highest BCUT2D eigenvalue weighted by Gasteiger charge is 1.97. The van der Waals surface area contributed by atoms with Crippen LogP contribution in [0.15, 0.2) is 0 Å². The zero-order valence-corrected chi connectivity index (χ0v) is 8.11. The van der Waals surface area contributed by atoms with Gasteiger partial charge in [-0.25, -0.2) is 0 Å². The number of rotatable bonds is 7. The maximum absolute atomic E-state index is 3.39. The molecule has 0 fully saturated rings. The van der Waals surface area contributed by atoms with Crippen LogP contribution in [0.25, 0.3) is 0 Å². The predicted octanol–water partition coefficient (Wildman–Crippen LogP) is 1.37. The van der Waals surface area contributed by atoms with Crippen molar-refractivity contribution in [3.8, 4) is 0 Å². The monoisotopic (exact) mass is 158 g/mol. The summed E-state index contributed by atoms with van der Waals surface area (Å²) in [5.74, 6) is 0. The Labute approximate surface area is 70.8 Å². The van der Waals surface area contributed by atoms with Crippen molar-refractivity contribution >= 4 is 0 Å². The van der Waals surface area contributed by atoms with Crippen molar-refractivity contribution in [3.05, 3.63) is 0 Å². The smallest absolute Gasteiger partial charge is 0.00390 e. The van der Waals surface area contributed by atoms with Gasteiger partial charge >= 0.3 is 0 Å². The van der Waals surface area contributed by atoms with E-state index in [1.54, 1.807) is 0 Å². The molecule has 0 radical (unpaired) electrons. The first-order valence-corrected chi connectivity index (χ1v) is 4.75. The summed E-state index contributed by atoms with van der Waals surface area (Å²) in [6, 6.07) is 0.679. The number of hydrogen-bond acceptors (Lipinski definition) is 2. The Morgan fingerprint density at radius 3 is 2.45 bits per heavy atom. The fraction of sp³-hybridized carbons (Fsp3) is 1.00. The minimum Gasteiger partial charge on any atom is -0.317 e. The lowest BCUT2D eigenvalue weighted by molar-refractivity contribution is 0.501. The predicted molar refractivity (Wildman–Crippen MR) is 50.9 cm³/mol. The molecule has 0 amide bonds. The first-order chi connectivity index (χ1) is 5.31. The molecule has 2 N–H and O–H groups in total. The number of nitrogens with one attached hydrogen (secondary N) is 2. The van der Waals surface area contributed by atoms with Crippen molar-refractivity contribution < 1.29 is 0 Å². The van der Waals surface area contributed by atoms with Gasteiger partial charge in [0.05, 0.1) is 0 Å². The minimum absolute atomic E-state index is 0.679. The van der Waals surface area contributed by atoms with Crippen molar-refractivity contribution in [2.75, 3.05) is 19.6 Å². The highest BCUT2D eigenvalue weighted by Crippen LogP contribution is 1.93. The second kappa shape index (κ2) is 8.02. The Morgan fingerprint density at radius 1 is 1.18 bits per heavy atom. The molecule has 0 aliphatic carbocycles. The molecule has 0 heterocycles. The topological polar surface area (TPSA) is 24.1 Å². The zero-order valence-electron chi connectivity index (χ0n) is 8.11. The maximum Gasteiger partial charge on any atom is 0.00390 e. The van der Waals surface area contributed by atoms with Gasteiger partial charge in [-0.05, 0) is 39.4 Å². The summed E-state index contributed by atoms with van der Waals surface area (Å²) in [4.78, 5) is 0. The molecule has 2 nitrogen and oxygen atoms in total. The Morgan fingerprint density at radius 2 is 1.91 bits per heavy atom. The first kappa shape index (κ1) is 10.9.